The van der Waals surface area contributed by atoms with Crippen LogP contribution in [0.2, 0.25) is 0 Å². The van der Waals surface area contributed by atoms with Crippen LogP contribution in [0.4, 0.5) is 22.9 Å². The summed E-state index contributed by atoms with van der Waals surface area (Å²) in [5, 5.41) is 12.4. The highest BCUT2D eigenvalue weighted by Gasteiger charge is 2.21. The lowest BCUT2D eigenvalue weighted by atomic mass is 10.1. The number of ether oxygens (including phenoxy) is 1. The van der Waals surface area contributed by atoms with Crippen molar-refractivity contribution in [2.45, 2.75) is 13.5 Å². The number of likely N-dealkylation sites (N-methyl/N-ethyl adjacent to an activating group) is 1. The Labute approximate surface area is 230 Å². The van der Waals surface area contributed by atoms with Gasteiger partial charge in [-0.2, -0.15) is 5.10 Å². The van der Waals surface area contributed by atoms with E-state index in [2.05, 4.69) is 91.8 Å². The van der Waals surface area contributed by atoms with Crippen LogP contribution in [-0.2, 0) is 6.54 Å². The fourth-order valence-electron chi connectivity index (χ4n) is 5.07. The van der Waals surface area contributed by atoms with Gasteiger partial charge in [-0.15, -0.1) is 0 Å². The van der Waals surface area contributed by atoms with E-state index in [9.17, 15) is 0 Å². The van der Waals surface area contributed by atoms with Crippen LogP contribution in [0.3, 0.4) is 0 Å². The first-order chi connectivity index (χ1) is 19.0. The molecule has 2 aromatic carbocycles. The van der Waals surface area contributed by atoms with Crippen molar-refractivity contribution in [2.24, 2.45) is 0 Å². The zero-order valence-electron chi connectivity index (χ0n) is 23.6. The molecule has 0 unspecified atom stereocenters. The molecule has 0 aliphatic carbocycles. The number of anilines is 4. The summed E-state index contributed by atoms with van der Waals surface area (Å²) < 4.78 is 7.82. The van der Waals surface area contributed by atoms with Crippen LogP contribution in [0, 0.1) is 0 Å². The molecule has 1 aliphatic heterocycles. The smallest absolute Gasteiger partial charge is 0.144 e. The number of hydrogen-bond acceptors (Lipinski definition) is 9. The van der Waals surface area contributed by atoms with E-state index in [1.54, 1.807) is 13.4 Å². The number of benzene rings is 2. The number of methoxy groups -OCH3 is 1. The van der Waals surface area contributed by atoms with E-state index in [1.165, 1.54) is 0 Å². The molecular weight excluding hydrogens is 490 g/mol. The average Bonchev–Trinajstić information content (AvgIpc) is 3.39. The summed E-state index contributed by atoms with van der Waals surface area (Å²) in [4.78, 5) is 16.2. The number of fused-ring (bicyclic) bond motifs is 1. The van der Waals surface area contributed by atoms with Gasteiger partial charge in [0.2, 0.25) is 0 Å². The van der Waals surface area contributed by atoms with Crippen molar-refractivity contribution in [3.05, 3.63) is 48.9 Å². The van der Waals surface area contributed by atoms with Crippen molar-refractivity contribution in [1.29, 1.82) is 0 Å². The minimum absolute atomic E-state index is 0.701. The first kappa shape index (κ1) is 26.7. The van der Waals surface area contributed by atoms with Crippen molar-refractivity contribution < 1.29 is 4.74 Å². The summed E-state index contributed by atoms with van der Waals surface area (Å²) in [6.45, 7) is 9.18. The van der Waals surface area contributed by atoms with Gasteiger partial charge in [-0.1, -0.05) is 6.07 Å². The normalized spacial score (nSPS) is 14.3. The Morgan fingerprint density at radius 1 is 1.00 bits per heavy atom. The van der Waals surface area contributed by atoms with E-state index >= 15 is 0 Å². The molecule has 4 aromatic rings. The van der Waals surface area contributed by atoms with Gasteiger partial charge in [0, 0.05) is 75.9 Å². The molecule has 0 bridgehead atoms. The Morgan fingerprint density at radius 3 is 2.54 bits per heavy atom. The molecule has 0 amide bonds. The third-order valence-electron chi connectivity index (χ3n) is 7.33. The zero-order chi connectivity index (χ0) is 27.4. The molecule has 2 aromatic heterocycles. The van der Waals surface area contributed by atoms with Gasteiger partial charge < -0.3 is 25.2 Å². The SMILES string of the molecule is CCn1ncc2cc(-c3cc(Nc4cc(NC)c(N5CCN(CCN(C)C)CC5)cc4OC)ncn3)ccc21. The van der Waals surface area contributed by atoms with E-state index in [4.69, 9.17) is 4.74 Å². The van der Waals surface area contributed by atoms with Crippen molar-refractivity contribution in [3.63, 3.8) is 0 Å². The molecule has 39 heavy (non-hydrogen) atoms. The molecule has 0 radical (unpaired) electrons. The number of piperazine rings is 1. The topological polar surface area (TPSA) is 86.6 Å². The molecule has 1 fully saturated rings. The second-order valence-corrected chi connectivity index (χ2v) is 10.1. The lowest BCUT2D eigenvalue weighted by Crippen LogP contribution is -2.48. The van der Waals surface area contributed by atoms with Crippen molar-refractivity contribution in [1.82, 2.24) is 29.5 Å². The second kappa shape index (κ2) is 11.9. The van der Waals surface area contributed by atoms with Crippen LogP contribution in [0.15, 0.2) is 48.9 Å². The Kier molecular flexibility index (Phi) is 8.13. The molecule has 206 valence electrons. The van der Waals surface area contributed by atoms with Crippen molar-refractivity contribution in [3.8, 4) is 17.0 Å². The van der Waals surface area contributed by atoms with Gasteiger partial charge in [0.25, 0.3) is 0 Å². The van der Waals surface area contributed by atoms with Gasteiger partial charge in [-0.05, 0) is 39.2 Å². The van der Waals surface area contributed by atoms with Crippen LogP contribution in [0.1, 0.15) is 6.92 Å². The summed E-state index contributed by atoms with van der Waals surface area (Å²) in [5.41, 5.74) is 6.03. The van der Waals surface area contributed by atoms with E-state index in [0.29, 0.717) is 5.82 Å². The molecule has 1 saturated heterocycles. The van der Waals surface area contributed by atoms with Crippen molar-refractivity contribution in [2.75, 3.05) is 83.1 Å². The summed E-state index contributed by atoms with van der Waals surface area (Å²) in [6.07, 6.45) is 3.49. The van der Waals surface area contributed by atoms with Crippen molar-refractivity contribution >= 4 is 33.8 Å². The lowest BCUT2D eigenvalue weighted by molar-refractivity contribution is 0.229. The molecule has 0 spiro atoms. The lowest BCUT2D eigenvalue weighted by Gasteiger charge is -2.37. The fraction of sp³-hybridized carbons (Fsp3) is 0.414. The van der Waals surface area contributed by atoms with Gasteiger partial charge >= 0.3 is 0 Å². The summed E-state index contributed by atoms with van der Waals surface area (Å²) in [5.74, 6) is 1.47. The highest BCUT2D eigenvalue weighted by molar-refractivity contribution is 5.85. The van der Waals surface area contributed by atoms with E-state index in [1.807, 2.05) is 24.0 Å². The van der Waals surface area contributed by atoms with Crippen LogP contribution in [-0.4, -0.2) is 97.1 Å². The maximum Gasteiger partial charge on any atom is 0.144 e. The minimum Gasteiger partial charge on any atom is -0.494 e. The van der Waals surface area contributed by atoms with Crippen LogP contribution in [0.25, 0.3) is 22.2 Å². The van der Waals surface area contributed by atoms with Gasteiger partial charge in [0.1, 0.15) is 17.9 Å². The number of rotatable bonds is 10. The highest BCUT2D eigenvalue weighted by Crippen LogP contribution is 2.38. The van der Waals surface area contributed by atoms with Crippen LogP contribution < -0.4 is 20.3 Å². The third-order valence-corrected chi connectivity index (χ3v) is 7.33. The Morgan fingerprint density at radius 2 is 1.82 bits per heavy atom. The molecule has 0 saturated carbocycles. The number of nitrogens with zero attached hydrogens (tertiary/aromatic N) is 7. The summed E-state index contributed by atoms with van der Waals surface area (Å²) >= 11 is 0. The van der Waals surface area contributed by atoms with Crippen LogP contribution in [0.5, 0.6) is 5.75 Å². The van der Waals surface area contributed by atoms with E-state index in [0.717, 1.165) is 90.8 Å². The molecule has 0 atom stereocenters. The maximum atomic E-state index is 5.83. The zero-order valence-corrected chi connectivity index (χ0v) is 23.6. The van der Waals surface area contributed by atoms with Gasteiger partial charge in [-0.3, -0.25) is 9.58 Å². The molecule has 3 heterocycles. The predicted octanol–water partition coefficient (Wildman–Crippen LogP) is 3.99. The Bertz CT molecular complexity index is 1410. The predicted molar refractivity (Wildman–Crippen MR) is 159 cm³/mol. The standard InChI is InChI=1S/C29H39N9O/c1-6-38-26-8-7-21(15-22(26)19-33-38)23-17-29(32-20-31-23)34-25-16-24(30-2)27(18-28(25)39-5)37-13-11-36(12-14-37)10-9-35(3)4/h7-8,15-20,30H,6,9-14H2,1-5H3,(H,31,32,34). The van der Waals surface area contributed by atoms with Gasteiger partial charge in [0.05, 0.1) is 41.6 Å². The highest BCUT2D eigenvalue weighted by atomic mass is 16.5. The van der Waals surface area contributed by atoms with Crippen LogP contribution >= 0.6 is 0 Å². The van der Waals surface area contributed by atoms with E-state index in [-0.39, 0.29) is 0 Å². The fourth-order valence-corrected chi connectivity index (χ4v) is 5.07. The maximum absolute atomic E-state index is 5.83. The summed E-state index contributed by atoms with van der Waals surface area (Å²) in [6, 6.07) is 12.5. The molecule has 5 rings (SSSR count). The molecule has 10 nitrogen and oxygen atoms in total. The largest absolute Gasteiger partial charge is 0.494 e. The number of aryl methyl sites for hydroxylation is 1. The Balaban J connectivity index is 1.35. The summed E-state index contributed by atoms with van der Waals surface area (Å²) in [7, 11) is 7.92. The number of hydrogen-bond donors (Lipinski definition) is 2. The Hall–Kier alpha value is -3.89. The monoisotopic (exact) mass is 529 g/mol. The second-order valence-electron chi connectivity index (χ2n) is 10.1. The van der Waals surface area contributed by atoms with Gasteiger partial charge in [-0.25, -0.2) is 9.97 Å². The van der Waals surface area contributed by atoms with E-state index < -0.39 is 0 Å². The first-order valence-electron chi connectivity index (χ1n) is 13.6. The third kappa shape index (κ3) is 5.91. The molecule has 10 heteroatoms. The molecular formula is C29H39N9O. The molecule has 1 aliphatic rings. The minimum atomic E-state index is 0.701. The first-order valence-corrected chi connectivity index (χ1v) is 13.6. The van der Waals surface area contributed by atoms with Gasteiger partial charge in [0.15, 0.2) is 0 Å². The number of nitrogens with one attached hydrogen (secondary N) is 2. The molecule has 2 N–H and O–H groups in total. The average molecular weight is 530 g/mol. The number of aromatic nitrogens is 4. The quantitative estimate of drug-likeness (QED) is 0.317.